The molecule has 0 N–H and O–H groups in total. The number of carbonyl (C=O) groups is 2. The molecule has 0 aromatic rings. The number of hydrogen-bond acceptors (Lipinski definition) is 4. The van der Waals surface area contributed by atoms with Crippen molar-refractivity contribution in [2.24, 2.45) is 23.7 Å². The van der Waals surface area contributed by atoms with Crippen molar-refractivity contribution in [2.75, 3.05) is 0 Å². The van der Waals surface area contributed by atoms with Crippen LogP contribution >= 0.6 is 0 Å². The fraction of sp³-hybridized carbons (Fsp3) is 0.714. The van der Waals surface area contributed by atoms with Crippen LogP contribution in [0.25, 0.3) is 0 Å². The zero-order valence-electron chi connectivity index (χ0n) is 10.1. The molecule has 5 unspecified atom stereocenters. The first-order valence-corrected chi connectivity index (χ1v) is 6.70. The Labute approximate surface area is 105 Å². The van der Waals surface area contributed by atoms with E-state index in [1.165, 1.54) is 6.08 Å². The van der Waals surface area contributed by atoms with Crippen LogP contribution in [0.2, 0.25) is 0 Å². The molecule has 0 radical (unpaired) electrons. The molecular weight excluding hydrogens is 232 g/mol. The second-order valence-corrected chi connectivity index (χ2v) is 6.11. The number of rotatable bonds is 3. The minimum atomic E-state index is -0.385. The molecule has 0 amide bonds. The van der Waals surface area contributed by atoms with Crippen LogP contribution in [0.5, 0.6) is 0 Å². The molecule has 3 saturated carbocycles. The summed E-state index contributed by atoms with van der Waals surface area (Å²) in [5.74, 6) is 0.629. The molecule has 96 valence electrons. The van der Waals surface area contributed by atoms with Gasteiger partial charge in [0.25, 0.3) is 0 Å². The van der Waals surface area contributed by atoms with E-state index in [4.69, 9.17) is 9.47 Å². The van der Waals surface area contributed by atoms with Crippen molar-refractivity contribution in [2.45, 2.75) is 37.4 Å². The molecule has 5 atom stereocenters. The van der Waals surface area contributed by atoms with E-state index < -0.39 is 0 Å². The van der Waals surface area contributed by atoms with E-state index in [1.54, 1.807) is 0 Å². The molecule has 1 aliphatic heterocycles. The highest BCUT2D eigenvalue weighted by Crippen LogP contribution is 2.66. The first-order chi connectivity index (χ1) is 8.64. The standard InChI is InChI=1S/C14H16O4/c1-2-10(15)18-14(3-4-14)12-7-5-8-9(6-7)17-13(16)11(8)12/h2,7-9,11-12H,1,3-6H2. The van der Waals surface area contributed by atoms with Crippen molar-refractivity contribution in [3.8, 4) is 0 Å². The summed E-state index contributed by atoms with van der Waals surface area (Å²) in [4.78, 5) is 23.4. The van der Waals surface area contributed by atoms with Crippen molar-refractivity contribution in [1.82, 2.24) is 0 Å². The van der Waals surface area contributed by atoms with Crippen LogP contribution in [0, 0.1) is 23.7 Å². The normalized spacial score (nSPS) is 45.8. The van der Waals surface area contributed by atoms with Crippen molar-refractivity contribution < 1.29 is 19.1 Å². The van der Waals surface area contributed by atoms with E-state index in [0.29, 0.717) is 11.8 Å². The maximum atomic E-state index is 12.0. The van der Waals surface area contributed by atoms with E-state index in [2.05, 4.69) is 6.58 Å². The van der Waals surface area contributed by atoms with Crippen LogP contribution in [0.15, 0.2) is 12.7 Å². The van der Waals surface area contributed by atoms with Crippen LogP contribution in [0.1, 0.15) is 25.7 Å². The number of carbonyl (C=O) groups excluding carboxylic acids is 2. The van der Waals surface area contributed by atoms with Crippen molar-refractivity contribution >= 4 is 11.9 Å². The molecule has 0 spiro atoms. The van der Waals surface area contributed by atoms with Crippen LogP contribution < -0.4 is 0 Å². The van der Waals surface area contributed by atoms with Gasteiger partial charge in [0.1, 0.15) is 11.7 Å². The Hall–Kier alpha value is -1.32. The quantitative estimate of drug-likeness (QED) is 0.560. The monoisotopic (exact) mass is 248 g/mol. The molecule has 0 aromatic carbocycles. The molecule has 2 bridgehead atoms. The van der Waals surface area contributed by atoms with Gasteiger partial charge in [-0.1, -0.05) is 6.58 Å². The van der Waals surface area contributed by atoms with E-state index in [9.17, 15) is 9.59 Å². The number of ether oxygens (including phenoxy) is 2. The van der Waals surface area contributed by atoms with Gasteiger partial charge in [0, 0.05) is 17.9 Å². The van der Waals surface area contributed by atoms with Crippen molar-refractivity contribution in [1.29, 1.82) is 0 Å². The number of fused-ring (bicyclic) bond motifs is 1. The van der Waals surface area contributed by atoms with Gasteiger partial charge in [0.15, 0.2) is 0 Å². The lowest BCUT2D eigenvalue weighted by atomic mass is 9.75. The van der Waals surface area contributed by atoms with Gasteiger partial charge < -0.3 is 9.47 Å². The summed E-state index contributed by atoms with van der Waals surface area (Å²) in [7, 11) is 0. The van der Waals surface area contributed by atoms with Crippen LogP contribution in [-0.4, -0.2) is 23.6 Å². The van der Waals surface area contributed by atoms with Gasteiger partial charge >= 0.3 is 11.9 Å². The highest BCUT2D eigenvalue weighted by molar-refractivity contribution is 5.82. The fourth-order valence-electron chi connectivity index (χ4n) is 4.61. The van der Waals surface area contributed by atoms with Crippen LogP contribution in [0.3, 0.4) is 0 Å². The molecule has 3 aliphatic carbocycles. The minimum Gasteiger partial charge on any atom is -0.462 e. The maximum Gasteiger partial charge on any atom is 0.330 e. The molecule has 4 nitrogen and oxygen atoms in total. The molecule has 1 heterocycles. The third-order valence-electron chi connectivity index (χ3n) is 5.30. The van der Waals surface area contributed by atoms with Gasteiger partial charge in [-0.05, 0) is 31.6 Å². The summed E-state index contributed by atoms with van der Waals surface area (Å²) in [5, 5.41) is 0. The van der Waals surface area contributed by atoms with Crippen LogP contribution in [0.4, 0.5) is 0 Å². The molecular formula is C14H16O4. The Bertz CT molecular complexity index is 449. The maximum absolute atomic E-state index is 12.0. The average molecular weight is 248 g/mol. The molecule has 1 saturated heterocycles. The summed E-state index contributed by atoms with van der Waals surface area (Å²) in [6.45, 7) is 3.44. The highest BCUT2D eigenvalue weighted by Gasteiger charge is 2.70. The minimum absolute atomic E-state index is 0.0196. The van der Waals surface area contributed by atoms with Gasteiger partial charge in [-0.3, -0.25) is 4.79 Å². The number of hydrogen-bond donors (Lipinski definition) is 0. The van der Waals surface area contributed by atoms with Gasteiger partial charge in [0.2, 0.25) is 0 Å². The Morgan fingerprint density at radius 3 is 2.89 bits per heavy atom. The molecule has 4 heteroatoms. The second kappa shape index (κ2) is 3.16. The zero-order chi connectivity index (χ0) is 12.5. The highest BCUT2D eigenvalue weighted by atomic mass is 16.6. The van der Waals surface area contributed by atoms with Crippen molar-refractivity contribution in [3.05, 3.63) is 12.7 Å². The average Bonchev–Trinajstić information content (AvgIpc) is 2.76. The first kappa shape index (κ1) is 10.6. The summed E-state index contributed by atoms with van der Waals surface area (Å²) in [5.41, 5.74) is -0.385. The molecule has 4 rings (SSSR count). The second-order valence-electron chi connectivity index (χ2n) is 6.11. The van der Waals surface area contributed by atoms with E-state index >= 15 is 0 Å². The summed E-state index contributed by atoms with van der Waals surface area (Å²) >= 11 is 0. The SMILES string of the molecule is C=CC(=O)OC1(C2C3CC4OC(=O)C2C4C3)CC1. The predicted molar refractivity (Wildman–Crippen MR) is 61.3 cm³/mol. The third kappa shape index (κ3) is 1.16. The lowest BCUT2D eigenvalue weighted by Crippen LogP contribution is -2.39. The Balaban J connectivity index is 1.64. The van der Waals surface area contributed by atoms with Gasteiger partial charge in [-0.25, -0.2) is 4.79 Å². The Morgan fingerprint density at radius 2 is 2.22 bits per heavy atom. The molecule has 4 fully saturated rings. The lowest BCUT2D eigenvalue weighted by molar-refractivity contribution is -0.154. The Kier molecular flexibility index (Phi) is 1.86. The lowest BCUT2D eigenvalue weighted by Gasteiger charge is -2.32. The summed E-state index contributed by atoms with van der Waals surface area (Å²) < 4.78 is 11.0. The Morgan fingerprint density at radius 1 is 1.44 bits per heavy atom. The summed E-state index contributed by atoms with van der Waals surface area (Å²) in [6, 6.07) is 0. The van der Waals surface area contributed by atoms with Gasteiger partial charge in [0.05, 0.1) is 5.92 Å². The van der Waals surface area contributed by atoms with E-state index in [1.807, 2.05) is 0 Å². The molecule has 18 heavy (non-hydrogen) atoms. The largest absolute Gasteiger partial charge is 0.462 e. The molecule has 4 aliphatic rings. The first-order valence-electron chi connectivity index (χ1n) is 6.70. The van der Waals surface area contributed by atoms with Gasteiger partial charge in [-0.2, -0.15) is 0 Å². The van der Waals surface area contributed by atoms with E-state index in [-0.39, 0.29) is 35.5 Å². The van der Waals surface area contributed by atoms with Crippen molar-refractivity contribution in [3.63, 3.8) is 0 Å². The third-order valence-corrected chi connectivity index (χ3v) is 5.30. The smallest absolute Gasteiger partial charge is 0.330 e. The number of esters is 2. The molecule has 0 aromatic heterocycles. The zero-order valence-corrected chi connectivity index (χ0v) is 10.1. The topological polar surface area (TPSA) is 52.6 Å². The summed E-state index contributed by atoms with van der Waals surface area (Å²) in [6.07, 6.45) is 5.16. The van der Waals surface area contributed by atoms with E-state index in [0.717, 1.165) is 25.7 Å². The van der Waals surface area contributed by atoms with Crippen LogP contribution in [-0.2, 0) is 19.1 Å². The fourth-order valence-corrected chi connectivity index (χ4v) is 4.61. The van der Waals surface area contributed by atoms with Gasteiger partial charge in [-0.15, -0.1) is 0 Å². The predicted octanol–water partition coefficient (Wildman–Crippen LogP) is 1.45.